The molecule has 1 unspecified atom stereocenters. The van der Waals surface area contributed by atoms with Gasteiger partial charge >= 0.3 is 6.18 Å². The smallest absolute Gasteiger partial charge is 0.376 e. The molecule has 0 spiro atoms. The minimum absolute atomic E-state index is 0.00815. The van der Waals surface area contributed by atoms with Crippen molar-refractivity contribution in [3.05, 3.63) is 68.5 Å². The van der Waals surface area contributed by atoms with Gasteiger partial charge in [0.15, 0.2) is 0 Å². The van der Waals surface area contributed by atoms with Crippen LogP contribution in [0.4, 0.5) is 13.2 Å². The van der Waals surface area contributed by atoms with Crippen molar-refractivity contribution in [2.24, 2.45) is 5.73 Å². The molecule has 1 aromatic carbocycles. The number of ether oxygens (including phenoxy) is 1. The molecule has 0 aliphatic carbocycles. The van der Waals surface area contributed by atoms with Crippen LogP contribution in [-0.2, 0) is 23.9 Å². The molecule has 3 aromatic rings. The molecule has 3 N–H and O–H groups in total. The van der Waals surface area contributed by atoms with Gasteiger partial charge in [0.25, 0.3) is 5.56 Å². The van der Waals surface area contributed by atoms with Crippen LogP contribution in [0.5, 0.6) is 0 Å². The highest BCUT2D eigenvalue weighted by Crippen LogP contribution is 2.35. The van der Waals surface area contributed by atoms with Crippen LogP contribution in [0.15, 0.2) is 35.3 Å². The van der Waals surface area contributed by atoms with E-state index in [-0.39, 0.29) is 35.9 Å². The van der Waals surface area contributed by atoms with Crippen molar-refractivity contribution in [2.75, 3.05) is 6.61 Å². The number of benzene rings is 1. The second kappa shape index (κ2) is 8.48. The Morgan fingerprint density at radius 1 is 1.34 bits per heavy atom. The summed E-state index contributed by atoms with van der Waals surface area (Å²) in [6.07, 6.45) is -2.93. The molecule has 0 bridgehead atoms. The van der Waals surface area contributed by atoms with E-state index < -0.39 is 17.8 Å². The van der Waals surface area contributed by atoms with Crippen LogP contribution in [0.1, 0.15) is 35.5 Å². The molecule has 0 saturated carbocycles. The number of rotatable bonds is 6. The molecule has 0 aliphatic heterocycles. The molecule has 0 aliphatic rings. The predicted molar refractivity (Wildman–Crippen MR) is 103 cm³/mol. The van der Waals surface area contributed by atoms with Crippen molar-refractivity contribution < 1.29 is 17.9 Å². The molecular weight excluding hydrogens is 409 g/mol. The molecule has 6 nitrogen and oxygen atoms in total. The summed E-state index contributed by atoms with van der Waals surface area (Å²) in [5.41, 5.74) is 5.42. The number of nitrogens with one attached hydrogen (secondary N) is 1. The fourth-order valence-corrected chi connectivity index (χ4v) is 3.14. The van der Waals surface area contributed by atoms with Crippen LogP contribution in [0.25, 0.3) is 10.9 Å². The molecule has 0 radical (unpaired) electrons. The topological polar surface area (TPSA) is 93.9 Å². The number of nitrogens with zero attached hydrogens (tertiary/aromatic N) is 2. The quantitative estimate of drug-likeness (QED) is 0.462. The third-order valence-electron chi connectivity index (χ3n) is 4.35. The van der Waals surface area contributed by atoms with E-state index >= 15 is 0 Å². The lowest BCUT2D eigenvalue weighted by molar-refractivity contribution is -0.139. The van der Waals surface area contributed by atoms with Crippen molar-refractivity contribution in [1.29, 1.82) is 0 Å². The lowest BCUT2D eigenvalue weighted by Crippen LogP contribution is -2.17. The van der Waals surface area contributed by atoms with Crippen LogP contribution < -0.4 is 11.3 Å². The van der Waals surface area contributed by atoms with Gasteiger partial charge < -0.3 is 15.5 Å². The summed E-state index contributed by atoms with van der Waals surface area (Å²) in [5, 5.41) is 0.476. The van der Waals surface area contributed by atoms with E-state index in [1.54, 1.807) is 13.0 Å². The molecule has 0 amide bonds. The highest BCUT2D eigenvalue weighted by molar-refractivity contribution is 6.30. The van der Waals surface area contributed by atoms with Crippen molar-refractivity contribution in [2.45, 2.75) is 32.2 Å². The number of alkyl halides is 3. The molecule has 29 heavy (non-hydrogen) atoms. The first-order valence-electron chi connectivity index (χ1n) is 8.73. The van der Waals surface area contributed by atoms with Gasteiger partial charge in [-0.05, 0) is 30.2 Å². The maximum absolute atomic E-state index is 13.3. The van der Waals surface area contributed by atoms with Gasteiger partial charge in [-0.3, -0.25) is 4.79 Å². The minimum Gasteiger partial charge on any atom is -0.376 e. The molecule has 1 atom stereocenters. The summed E-state index contributed by atoms with van der Waals surface area (Å²) < 4.78 is 45.4. The largest absolute Gasteiger partial charge is 0.416 e. The van der Waals surface area contributed by atoms with E-state index in [9.17, 15) is 18.0 Å². The zero-order valence-electron chi connectivity index (χ0n) is 15.4. The number of nitrogens with two attached hydrogens (primary N) is 1. The Hall–Kier alpha value is -2.49. The first kappa shape index (κ1) is 21.2. The zero-order chi connectivity index (χ0) is 21.2. The number of hydrogen-bond acceptors (Lipinski definition) is 5. The maximum atomic E-state index is 13.3. The van der Waals surface area contributed by atoms with E-state index in [4.69, 9.17) is 22.1 Å². The van der Waals surface area contributed by atoms with E-state index in [1.165, 1.54) is 18.3 Å². The Kier molecular flexibility index (Phi) is 6.21. The zero-order valence-corrected chi connectivity index (χ0v) is 16.1. The van der Waals surface area contributed by atoms with Crippen LogP contribution in [0.3, 0.4) is 0 Å². The summed E-state index contributed by atoms with van der Waals surface area (Å²) in [6, 6.07) is 4.72. The Morgan fingerprint density at radius 2 is 2.10 bits per heavy atom. The van der Waals surface area contributed by atoms with Gasteiger partial charge in [-0.15, -0.1) is 0 Å². The van der Waals surface area contributed by atoms with Crippen LogP contribution in [0, 0.1) is 0 Å². The van der Waals surface area contributed by atoms with E-state index in [0.29, 0.717) is 22.3 Å². The van der Waals surface area contributed by atoms with Crippen LogP contribution >= 0.6 is 11.6 Å². The lowest BCUT2D eigenvalue weighted by atomic mass is 9.97. The fraction of sp³-hybridized carbons (Fsp3) is 0.316. The Balaban J connectivity index is 1.73. The number of aromatic nitrogens is 3. The van der Waals surface area contributed by atoms with Crippen LogP contribution in [0.2, 0.25) is 5.15 Å². The second-order valence-corrected chi connectivity index (χ2v) is 6.89. The summed E-state index contributed by atoms with van der Waals surface area (Å²) >= 11 is 5.77. The van der Waals surface area contributed by atoms with E-state index in [2.05, 4.69) is 15.0 Å². The standard InChI is InChI=1S/C19H18ClF3N4O2/c1-10(24)11-3-2-4-14(19(21,22)23)13(11)9-29-6-5-17-26-15-8-25-16(20)7-12(15)18(28)27-17/h2-4,7-8,10H,5-6,9,24H2,1H3,(H,26,27,28). The Bertz CT molecular complexity index is 1080. The van der Waals surface area contributed by atoms with Gasteiger partial charge in [-0.25, -0.2) is 9.97 Å². The van der Waals surface area contributed by atoms with Gasteiger partial charge in [0, 0.05) is 12.5 Å². The van der Waals surface area contributed by atoms with Gasteiger partial charge in [-0.1, -0.05) is 23.7 Å². The average molecular weight is 427 g/mol. The van der Waals surface area contributed by atoms with E-state index in [0.717, 1.165) is 6.07 Å². The molecule has 0 saturated heterocycles. The monoisotopic (exact) mass is 426 g/mol. The number of fused-ring (bicyclic) bond motifs is 1. The fourth-order valence-electron chi connectivity index (χ4n) is 2.98. The summed E-state index contributed by atoms with van der Waals surface area (Å²) in [7, 11) is 0. The average Bonchev–Trinajstić information content (AvgIpc) is 2.65. The number of pyridine rings is 1. The minimum atomic E-state index is -4.51. The predicted octanol–water partition coefficient (Wildman–Crippen LogP) is 3.77. The maximum Gasteiger partial charge on any atom is 0.416 e. The van der Waals surface area contributed by atoms with Gasteiger partial charge in [-0.2, -0.15) is 13.2 Å². The molecule has 3 rings (SSSR count). The van der Waals surface area contributed by atoms with Crippen molar-refractivity contribution >= 4 is 22.5 Å². The number of H-pyrrole nitrogens is 1. The summed E-state index contributed by atoms with van der Waals surface area (Å²) in [5.74, 6) is 0.336. The van der Waals surface area contributed by atoms with Crippen molar-refractivity contribution in [3.63, 3.8) is 0 Å². The van der Waals surface area contributed by atoms with Crippen molar-refractivity contribution in [3.8, 4) is 0 Å². The normalized spacial score (nSPS) is 13.0. The number of aromatic amines is 1. The second-order valence-electron chi connectivity index (χ2n) is 6.50. The van der Waals surface area contributed by atoms with Gasteiger partial charge in [0.1, 0.15) is 11.0 Å². The van der Waals surface area contributed by atoms with Gasteiger partial charge in [0.2, 0.25) is 0 Å². The molecule has 10 heteroatoms. The lowest BCUT2D eigenvalue weighted by Gasteiger charge is -2.19. The Morgan fingerprint density at radius 3 is 2.79 bits per heavy atom. The molecule has 0 fully saturated rings. The first-order chi connectivity index (χ1) is 13.7. The highest BCUT2D eigenvalue weighted by Gasteiger charge is 2.34. The van der Waals surface area contributed by atoms with Crippen LogP contribution in [-0.4, -0.2) is 21.6 Å². The molecular formula is C19H18ClF3N4O2. The van der Waals surface area contributed by atoms with Gasteiger partial charge in [0.05, 0.1) is 35.9 Å². The van der Waals surface area contributed by atoms with E-state index in [1.807, 2.05) is 0 Å². The third-order valence-corrected chi connectivity index (χ3v) is 4.55. The summed E-state index contributed by atoms with van der Waals surface area (Å²) in [4.78, 5) is 22.9. The number of halogens is 4. The molecule has 154 valence electrons. The molecule has 2 aromatic heterocycles. The third kappa shape index (κ3) is 4.92. The molecule has 2 heterocycles. The Labute approximate surface area is 168 Å². The first-order valence-corrected chi connectivity index (χ1v) is 9.11. The highest BCUT2D eigenvalue weighted by atomic mass is 35.5. The summed E-state index contributed by atoms with van der Waals surface area (Å²) in [6.45, 7) is 1.41. The number of hydrogen-bond donors (Lipinski definition) is 2. The van der Waals surface area contributed by atoms with Crippen molar-refractivity contribution in [1.82, 2.24) is 15.0 Å². The SMILES string of the molecule is CC(N)c1cccc(C(F)(F)F)c1COCCc1nc2cnc(Cl)cc2c(=O)[nH]1.